The molecule has 1 radical (unpaired) electrons. The van der Waals surface area contributed by atoms with E-state index in [1.807, 2.05) is 0 Å². The quantitative estimate of drug-likeness (QED) is 0.649. The van der Waals surface area contributed by atoms with Gasteiger partial charge in [0.1, 0.15) is 0 Å². The molecule has 0 aromatic heterocycles. The standard InChI is InChI=1S/C8H17N2O/c1-11-6-4-8-3-2-5-9-10-7-8/h8,10H,2-7H2,1H3. The van der Waals surface area contributed by atoms with Crippen LogP contribution in [0.15, 0.2) is 0 Å². The maximum Gasteiger partial charge on any atom is 0.0465 e. The number of methoxy groups -OCH3 is 1. The fraction of sp³-hybridized carbons (Fsp3) is 1.00. The Kier molecular flexibility index (Phi) is 4.50. The Morgan fingerprint density at radius 2 is 2.55 bits per heavy atom. The zero-order chi connectivity index (χ0) is 7.94. The number of ether oxygens (including phenoxy) is 1. The van der Waals surface area contributed by atoms with Crippen LogP contribution < -0.4 is 10.9 Å². The molecule has 65 valence electrons. The van der Waals surface area contributed by atoms with Crippen LogP contribution in [0.4, 0.5) is 0 Å². The van der Waals surface area contributed by atoms with Crippen LogP contribution in [-0.4, -0.2) is 26.8 Å². The Bertz CT molecular complexity index is 90.1. The van der Waals surface area contributed by atoms with E-state index in [4.69, 9.17) is 4.74 Å². The summed E-state index contributed by atoms with van der Waals surface area (Å²) < 4.78 is 5.03. The summed E-state index contributed by atoms with van der Waals surface area (Å²) >= 11 is 0. The van der Waals surface area contributed by atoms with Gasteiger partial charge in [-0.1, -0.05) is 0 Å². The van der Waals surface area contributed by atoms with Gasteiger partial charge in [-0.15, -0.1) is 0 Å². The molecule has 1 aliphatic rings. The van der Waals surface area contributed by atoms with E-state index < -0.39 is 0 Å². The number of nitrogens with zero attached hydrogens (tertiary/aromatic N) is 1. The maximum atomic E-state index is 5.03. The SMILES string of the molecule is COCCC1CCC[N]NC1. The second-order valence-electron chi connectivity index (χ2n) is 3.03. The average molecular weight is 157 g/mol. The molecule has 1 fully saturated rings. The van der Waals surface area contributed by atoms with Gasteiger partial charge in [0, 0.05) is 26.8 Å². The third-order valence-corrected chi connectivity index (χ3v) is 2.10. The van der Waals surface area contributed by atoms with Crippen LogP contribution in [0.25, 0.3) is 0 Å². The lowest BCUT2D eigenvalue weighted by atomic mass is 10.0. The fourth-order valence-corrected chi connectivity index (χ4v) is 1.36. The van der Waals surface area contributed by atoms with E-state index in [-0.39, 0.29) is 0 Å². The van der Waals surface area contributed by atoms with Gasteiger partial charge in [-0.25, -0.2) is 5.43 Å². The summed E-state index contributed by atoms with van der Waals surface area (Å²) in [4.78, 5) is 0. The molecule has 1 aliphatic heterocycles. The minimum absolute atomic E-state index is 0.765. The molecule has 0 saturated carbocycles. The molecule has 0 spiro atoms. The summed E-state index contributed by atoms with van der Waals surface area (Å²) in [5, 5.41) is 0. The van der Waals surface area contributed by atoms with Crippen LogP contribution >= 0.6 is 0 Å². The second-order valence-corrected chi connectivity index (χ2v) is 3.03. The maximum absolute atomic E-state index is 5.03. The van der Waals surface area contributed by atoms with Crippen molar-refractivity contribution in [3.8, 4) is 0 Å². The van der Waals surface area contributed by atoms with Gasteiger partial charge in [-0.3, -0.25) is 0 Å². The Morgan fingerprint density at radius 1 is 1.64 bits per heavy atom. The molecule has 1 rings (SSSR count). The molecule has 0 aromatic rings. The van der Waals surface area contributed by atoms with Crippen LogP contribution in [0, 0.1) is 5.92 Å². The molecule has 1 heterocycles. The molecule has 1 N–H and O–H groups in total. The van der Waals surface area contributed by atoms with Crippen molar-refractivity contribution in [2.75, 3.05) is 26.8 Å². The minimum atomic E-state index is 0.765. The first-order valence-corrected chi connectivity index (χ1v) is 4.32. The Labute approximate surface area is 68.5 Å². The van der Waals surface area contributed by atoms with Gasteiger partial charge in [-0.2, -0.15) is 5.43 Å². The van der Waals surface area contributed by atoms with E-state index in [9.17, 15) is 0 Å². The predicted molar refractivity (Wildman–Crippen MR) is 44.2 cm³/mol. The van der Waals surface area contributed by atoms with E-state index in [1.54, 1.807) is 7.11 Å². The van der Waals surface area contributed by atoms with Crippen LogP contribution in [0.5, 0.6) is 0 Å². The molecule has 0 amide bonds. The smallest absolute Gasteiger partial charge is 0.0465 e. The second kappa shape index (κ2) is 5.52. The first-order chi connectivity index (χ1) is 5.43. The lowest BCUT2D eigenvalue weighted by Gasteiger charge is -2.11. The van der Waals surface area contributed by atoms with Crippen molar-refractivity contribution in [2.45, 2.75) is 19.3 Å². The monoisotopic (exact) mass is 157 g/mol. The highest BCUT2D eigenvalue weighted by Crippen LogP contribution is 2.11. The highest BCUT2D eigenvalue weighted by atomic mass is 16.5. The summed E-state index contributed by atoms with van der Waals surface area (Å²) in [5.74, 6) is 0.765. The number of hydrogen-bond donors (Lipinski definition) is 1. The van der Waals surface area contributed by atoms with Crippen LogP contribution in [0.2, 0.25) is 0 Å². The third kappa shape index (κ3) is 3.70. The first kappa shape index (κ1) is 8.97. The lowest BCUT2D eigenvalue weighted by molar-refractivity contribution is 0.175. The van der Waals surface area contributed by atoms with E-state index >= 15 is 0 Å². The van der Waals surface area contributed by atoms with Crippen LogP contribution in [0.3, 0.4) is 0 Å². The van der Waals surface area contributed by atoms with Gasteiger partial charge in [0.25, 0.3) is 0 Å². The lowest BCUT2D eigenvalue weighted by Crippen LogP contribution is -2.27. The molecule has 3 nitrogen and oxygen atoms in total. The third-order valence-electron chi connectivity index (χ3n) is 2.10. The molecule has 0 aliphatic carbocycles. The van der Waals surface area contributed by atoms with Crippen molar-refractivity contribution in [3.05, 3.63) is 0 Å². The number of rotatable bonds is 3. The van der Waals surface area contributed by atoms with Gasteiger partial charge in [0.05, 0.1) is 0 Å². The largest absolute Gasteiger partial charge is 0.385 e. The fourth-order valence-electron chi connectivity index (χ4n) is 1.36. The normalized spacial score (nSPS) is 26.5. The van der Waals surface area contributed by atoms with E-state index in [0.717, 1.165) is 25.6 Å². The summed E-state index contributed by atoms with van der Waals surface area (Å²) in [7, 11) is 1.76. The average Bonchev–Trinajstić information content (AvgIpc) is 2.28. The zero-order valence-corrected chi connectivity index (χ0v) is 7.18. The number of hydrogen-bond acceptors (Lipinski definition) is 2. The topological polar surface area (TPSA) is 35.4 Å². The Morgan fingerprint density at radius 3 is 3.36 bits per heavy atom. The Balaban J connectivity index is 2.09. The molecule has 0 bridgehead atoms. The van der Waals surface area contributed by atoms with E-state index in [1.165, 1.54) is 19.3 Å². The zero-order valence-electron chi connectivity index (χ0n) is 7.18. The highest BCUT2D eigenvalue weighted by molar-refractivity contribution is 4.64. The van der Waals surface area contributed by atoms with Gasteiger partial charge in [-0.05, 0) is 25.2 Å². The van der Waals surface area contributed by atoms with Crippen molar-refractivity contribution >= 4 is 0 Å². The molecular weight excluding hydrogens is 140 g/mol. The van der Waals surface area contributed by atoms with Crippen LogP contribution in [-0.2, 0) is 4.74 Å². The van der Waals surface area contributed by atoms with Crippen molar-refractivity contribution in [2.24, 2.45) is 5.92 Å². The molecule has 1 saturated heterocycles. The first-order valence-electron chi connectivity index (χ1n) is 4.32. The molecule has 3 heteroatoms. The van der Waals surface area contributed by atoms with Gasteiger partial charge < -0.3 is 4.74 Å². The molecule has 11 heavy (non-hydrogen) atoms. The van der Waals surface area contributed by atoms with E-state index in [0.29, 0.717) is 0 Å². The van der Waals surface area contributed by atoms with Crippen molar-refractivity contribution in [1.29, 1.82) is 0 Å². The molecule has 1 atom stereocenters. The molecular formula is C8H17N2O. The predicted octanol–water partition coefficient (Wildman–Crippen LogP) is 0.542. The molecule has 0 aromatic carbocycles. The van der Waals surface area contributed by atoms with Crippen molar-refractivity contribution in [3.63, 3.8) is 0 Å². The summed E-state index contributed by atoms with van der Waals surface area (Å²) in [6, 6.07) is 0. The highest BCUT2D eigenvalue weighted by Gasteiger charge is 2.10. The van der Waals surface area contributed by atoms with E-state index in [2.05, 4.69) is 10.9 Å². The minimum Gasteiger partial charge on any atom is -0.385 e. The van der Waals surface area contributed by atoms with Gasteiger partial charge >= 0.3 is 0 Å². The van der Waals surface area contributed by atoms with Crippen LogP contribution in [0.1, 0.15) is 19.3 Å². The van der Waals surface area contributed by atoms with Crippen molar-refractivity contribution in [1.82, 2.24) is 10.9 Å². The summed E-state index contributed by atoms with van der Waals surface area (Å²) in [5.41, 5.74) is 7.21. The summed E-state index contributed by atoms with van der Waals surface area (Å²) in [6.45, 7) is 2.89. The molecule has 1 unspecified atom stereocenters. The van der Waals surface area contributed by atoms with Gasteiger partial charge in [0.2, 0.25) is 0 Å². The number of nitrogens with one attached hydrogen (secondary N) is 1. The summed E-state index contributed by atoms with van der Waals surface area (Å²) in [6.07, 6.45) is 3.68. The van der Waals surface area contributed by atoms with Gasteiger partial charge in [0.15, 0.2) is 0 Å². The Hall–Kier alpha value is -0.120. The van der Waals surface area contributed by atoms with Crippen molar-refractivity contribution < 1.29 is 4.74 Å².